The number of carbonyl (C=O) groups is 3. The Hall–Kier alpha value is -4.07. The van der Waals surface area contributed by atoms with Crippen molar-refractivity contribution in [2.24, 2.45) is 0 Å². The summed E-state index contributed by atoms with van der Waals surface area (Å²) in [4.78, 5) is 42.4. The van der Waals surface area contributed by atoms with E-state index in [1.807, 2.05) is 25.3 Å². The second-order valence-electron chi connectivity index (χ2n) is 12.4. The molecule has 230 valence electrons. The van der Waals surface area contributed by atoms with Crippen LogP contribution in [0.2, 0.25) is 0 Å². The van der Waals surface area contributed by atoms with Crippen molar-refractivity contribution in [1.82, 2.24) is 15.2 Å². The predicted octanol–water partition coefficient (Wildman–Crippen LogP) is 6.47. The molecular formula is C35H46N4O4. The quantitative estimate of drug-likeness (QED) is 0.310. The van der Waals surface area contributed by atoms with Gasteiger partial charge in [0.25, 0.3) is 0 Å². The van der Waals surface area contributed by atoms with Crippen molar-refractivity contribution in [2.75, 3.05) is 18.0 Å². The number of fused-ring (bicyclic) bond motifs is 4. The number of amides is 2. The first-order chi connectivity index (χ1) is 20.3. The lowest BCUT2D eigenvalue weighted by Crippen LogP contribution is -2.52. The fourth-order valence-electron chi connectivity index (χ4n) is 6.30. The van der Waals surface area contributed by atoms with E-state index >= 15 is 0 Å². The number of ether oxygens (including phenoxy) is 1. The molecule has 43 heavy (non-hydrogen) atoms. The smallest absolute Gasteiger partial charge is 0.303 e. The molecule has 1 fully saturated rings. The summed E-state index contributed by atoms with van der Waals surface area (Å²) in [6.07, 6.45) is 3.17. The van der Waals surface area contributed by atoms with Crippen molar-refractivity contribution >= 4 is 34.4 Å². The van der Waals surface area contributed by atoms with Gasteiger partial charge in [-0.1, -0.05) is 46.4 Å². The first-order valence-corrected chi connectivity index (χ1v) is 15.2. The van der Waals surface area contributed by atoms with E-state index in [0.717, 1.165) is 28.9 Å². The van der Waals surface area contributed by atoms with Gasteiger partial charge in [0.2, 0.25) is 11.8 Å². The summed E-state index contributed by atoms with van der Waals surface area (Å²) in [6.45, 7) is 20.6. The Kier molecular flexibility index (Phi) is 9.38. The summed E-state index contributed by atoms with van der Waals surface area (Å²) >= 11 is 0. The monoisotopic (exact) mass is 586 g/mol. The van der Waals surface area contributed by atoms with Crippen molar-refractivity contribution in [3.8, 4) is 0 Å². The Morgan fingerprint density at radius 1 is 1.02 bits per heavy atom. The Bertz CT molecular complexity index is 1540. The van der Waals surface area contributed by atoms with E-state index < -0.39 is 5.60 Å². The van der Waals surface area contributed by atoms with Crippen molar-refractivity contribution in [1.29, 1.82) is 0 Å². The van der Waals surface area contributed by atoms with E-state index in [1.54, 1.807) is 18.7 Å². The van der Waals surface area contributed by atoms with Gasteiger partial charge in [-0.2, -0.15) is 0 Å². The van der Waals surface area contributed by atoms with Crippen LogP contribution in [0.5, 0.6) is 0 Å². The number of aromatic nitrogens is 1. The number of esters is 1. The van der Waals surface area contributed by atoms with E-state index in [0.29, 0.717) is 31.3 Å². The molecular weight excluding hydrogens is 540 g/mol. The van der Waals surface area contributed by atoms with Gasteiger partial charge < -0.3 is 19.9 Å². The van der Waals surface area contributed by atoms with Gasteiger partial charge in [0, 0.05) is 68.6 Å². The van der Waals surface area contributed by atoms with Crippen LogP contribution in [0.15, 0.2) is 54.9 Å². The lowest BCUT2D eigenvalue weighted by Gasteiger charge is -2.37. The zero-order valence-corrected chi connectivity index (χ0v) is 26.8. The highest BCUT2D eigenvalue weighted by atomic mass is 16.6. The standard InChI is InChI=1S/C20H26N2O3.C15H20N2O/c1-12(2)16-7-8-18-17(11-16)20(25-15(6)24)9-10-21(13(3)4)19(20)22(18)14(5)23;1-10(2)12-4-5-15-14(8-12)13(9-17-15)6-7-16-11(3)18/h7-8,11-12,19H,3,9-10H2,1-2,4-6H3;4-5,8-10,17H,6-7H2,1-3H3,(H,16,18)/t19-,20-;/m1./s1. The largest absolute Gasteiger partial charge is 0.450 e. The minimum absolute atomic E-state index is 0.0257. The molecule has 2 aromatic carbocycles. The molecule has 0 radical (unpaired) electrons. The Labute approximate surface area is 255 Å². The van der Waals surface area contributed by atoms with Crippen LogP contribution in [0.25, 0.3) is 10.9 Å². The van der Waals surface area contributed by atoms with E-state index in [9.17, 15) is 14.4 Å². The molecule has 0 unspecified atom stereocenters. The number of H-pyrrole nitrogens is 1. The van der Waals surface area contributed by atoms with Crippen LogP contribution in [0.1, 0.15) is 95.9 Å². The number of anilines is 1. The summed E-state index contributed by atoms with van der Waals surface area (Å²) in [5.41, 5.74) is 6.73. The molecule has 8 nitrogen and oxygen atoms in total. The highest BCUT2D eigenvalue weighted by Gasteiger charge is 2.61. The van der Waals surface area contributed by atoms with Crippen LogP contribution in [0.3, 0.4) is 0 Å². The van der Waals surface area contributed by atoms with E-state index in [-0.39, 0.29) is 23.9 Å². The first kappa shape index (κ1) is 31.9. The fraction of sp³-hybridized carbons (Fsp3) is 0.457. The zero-order chi connectivity index (χ0) is 31.6. The van der Waals surface area contributed by atoms with Crippen LogP contribution in [0, 0.1) is 0 Å². The number of aromatic amines is 1. The van der Waals surface area contributed by atoms with Gasteiger partial charge in [0.05, 0.1) is 5.69 Å². The van der Waals surface area contributed by atoms with Gasteiger partial charge in [-0.3, -0.25) is 19.3 Å². The molecule has 0 aliphatic carbocycles. The van der Waals surface area contributed by atoms with Crippen molar-refractivity contribution in [2.45, 2.75) is 91.8 Å². The summed E-state index contributed by atoms with van der Waals surface area (Å²) in [5, 5.41) is 4.10. The third-order valence-electron chi connectivity index (χ3n) is 8.47. The topological polar surface area (TPSA) is 94.7 Å². The third-order valence-corrected chi connectivity index (χ3v) is 8.47. The van der Waals surface area contributed by atoms with Crippen LogP contribution in [0.4, 0.5) is 5.69 Å². The molecule has 2 atom stereocenters. The molecule has 2 amide bonds. The second kappa shape index (κ2) is 12.7. The maximum absolute atomic E-state index is 12.5. The number of hydrogen-bond donors (Lipinski definition) is 2. The van der Waals surface area contributed by atoms with Crippen molar-refractivity contribution in [3.63, 3.8) is 0 Å². The van der Waals surface area contributed by atoms with E-state index in [2.05, 4.69) is 73.7 Å². The number of allylic oxidation sites excluding steroid dienone is 1. The molecule has 1 saturated heterocycles. The Balaban J connectivity index is 0.000000208. The predicted molar refractivity (Wildman–Crippen MR) is 172 cm³/mol. The van der Waals surface area contributed by atoms with Gasteiger partial charge in [-0.15, -0.1) is 0 Å². The first-order valence-electron chi connectivity index (χ1n) is 15.2. The maximum Gasteiger partial charge on any atom is 0.303 e. The Morgan fingerprint density at radius 2 is 1.67 bits per heavy atom. The van der Waals surface area contributed by atoms with Gasteiger partial charge in [0.1, 0.15) is 0 Å². The number of nitrogens with one attached hydrogen (secondary N) is 2. The highest BCUT2D eigenvalue weighted by molar-refractivity contribution is 5.96. The molecule has 0 saturated carbocycles. The van der Waals surface area contributed by atoms with Gasteiger partial charge in [0.15, 0.2) is 11.8 Å². The van der Waals surface area contributed by atoms with Gasteiger partial charge in [-0.25, -0.2) is 0 Å². The Morgan fingerprint density at radius 3 is 2.26 bits per heavy atom. The SMILES string of the molecule is C=C(C)N1CC[C@@]2(OC(C)=O)c3cc(C(C)C)ccc3N(C(C)=O)[C@@H]12.CC(=O)NCCc1c[nH]c2ccc(C(C)C)cc12. The molecule has 0 bridgehead atoms. The summed E-state index contributed by atoms with van der Waals surface area (Å²) in [7, 11) is 0. The van der Waals surface area contributed by atoms with Crippen LogP contribution >= 0.6 is 0 Å². The maximum atomic E-state index is 12.5. The normalized spacial score (nSPS) is 18.8. The molecule has 5 rings (SSSR count). The highest BCUT2D eigenvalue weighted by Crippen LogP contribution is 2.54. The number of rotatable bonds is 7. The van der Waals surface area contributed by atoms with Gasteiger partial charge >= 0.3 is 5.97 Å². The molecule has 3 aromatic rings. The molecule has 2 N–H and O–H groups in total. The average molecular weight is 587 g/mol. The molecule has 3 heterocycles. The molecule has 2 aliphatic heterocycles. The fourth-order valence-corrected chi connectivity index (χ4v) is 6.30. The second-order valence-corrected chi connectivity index (χ2v) is 12.4. The number of hydrogen-bond acceptors (Lipinski definition) is 5. The number of nitrogens with zero attached hydrogens (tertiary/aromatic N) is 2. The number of carbonyl (C=O) groups excluding carboxylic acids is 3. The zero-order valence-electron chi connectivity index (χ0n) is 26.8. The summed E-state index contributed by atoms with van der Waals surface area (Å²) in [6, 6.07) is 12.7. The number of benzene rings is 2. The third kappa shape index (κ3) is 6.33. The minimum atomic E-state index is -0.837. The average Bonchev–Trinajstić information content (AvgIpc) is 3.57. The van der Waals surface area contributed by atoms with E-state index in [1.165, 1.54) is 29.0 Å². The summed E-state index contributed by atoms with van der Waals surface area (Å²) < 4.78 is 5.93. The number of likely N-dealkylation sites (tertiary alicyclic amines) is 1. The van der Waals surface area contributed by atoms with Crippen molar-refractivity contribution < 1.29 is 19.1 Å². The van der Waals surface area contributed by atoms with Crippen LogP contribution in [-0.2, 0) is 31.1 Å². The minimum Gasteiger partial charge on any atom is -0.450 e. The van der Waals surface area contributed by atoms with Crippen molar-refractivity contribution in [3.05, 3.63) is 77.1 Å². The molecule has 0 spiro atoms. The lowest BCUT2D eigenvalue weighted by molar-refractivity contribution is -0.160. The van der Waals surface area contributed by atoms with Crippen LogP contribution in [-0.4, -0.2) is 46.9 Å². The lowest BCUT2D eigenvalue weighted by atomic mass is 9.89. The van der Waals surface area contributed by atoms with Crippen LogP contribution < -0.4 is 10.2 Å². The van der Waals surface area contributed by atoms with E-state index in [4.69, 9.17) is 4.74 Å². The van der Waals surface area contributed by atoms with Gasteiger partial charge in [-0.05, 0) is 66.1 Å². The molecule has 2 aliphatic rings. The summed E-state index contributed by atoms with van der Waals surface area (Å²) in [5.74, 6) is 0.513. The molecule has 8 heteroatoms. The molecule has 1 aromatic heterocycles.